The van der Waals surface area contributed by atoms with E-state index in [0.29, 0.717) is 6.42 Å². The van der Waals surface area contributed by atoms with Crippen LogP contribution in [-0.4, -0.2) is 27.5 Å². The number of aliphatic hydroxyl groups excluding tert-OH is 1. The number of aryl methyl sites for hydroxylation is 1. The highest BCUT2D eigenvalue weighted by Gasteiger charge is 2.14. The van der Waals surface area contributed by atoms with E-state index in [1.807, 2.05) is 48.9 Å². The second kappa shape index (κ2) is 6.70. The molecule has 1 atom stereocenters. The van der Waals surface area contributed by atoms with Gasteiger partial charge in [0.05, 0.1) is 18.0 Å². The Labute approximate surface area is 119 Å². The van der Waals surface area contributed by atoms with E-state index in [1.165, 1.54) is 0 Å². The van der Waals surface area contributed by atoms with Crippen LogP contribution in [0.4, 0.5) is 0 Å². The van der Waals surface area contributed by atoms with Crippen molar-refractivity contribution in [2.45, 2.75) is 26.3 Å². The van der Waals surface area contributed by atoms with Crippen LogP contribution in [0.25, 0.3) is 5.69 Å². The van der Waals surface area contributed by atoms with Crippen molar-refractivity contribution >= 4 is 12.4 Å². The molecular weight excluding hydrogens is 262 g/mol. The number of nitrogens with zero attached hydrogens (tertiary/aromatic N) is 2. The van der Waals surface area contributed by atoms with E-state index in [1.54, 1.807) is 0 Å². The van der Waals surface area contributed by atoms with Crippen molar-refractivity contribution in [2.24, 2.45) is 5.73 Å². The van der Waals surface area contributed by atoms with Gasteiger partial charge >= 0.3 is 0 Å². The smallest absolute Gasteiger partial charge is 0.0648 e. The Hall–Kier alpha value is -1.36. The molecule has 1 heterocycles. The van der Waals surface area contributed by atoms with Gasteiger partial charge in [-0.2, -0.15) is 5.10 Å². The predicted octanol–water partition coefficient (Wildman–Crippen LogP) is 1.77. The van der Waals surface area contributed by atoms with Gasteiger partial charge in [0.2, 0.25) is 0 Å². The van der Waals surface area contributed by atoms with Crippen molar-refractivity contribution in [3.05, 3.63) is 47.3 Å². The number of hydrogen-bond donors (Lipinski definition) is 2. The maximum absolute atomic E-state index is 9.05. The first kappa shape index (κ1) is 15.7. The molecule has 0 amide bonds. The van der Waals surface area contributed by atoms with E-state index in [9.17, 15) is 0 Å². The molecule has 19 heavy (non-hydrogen) atoms. The Bertz CT molecular complexity index is 525. The van der Waals surface area contributed by atoms with Gasteiger partial charge in [0.1, 0.15) is 0 Å². The van der Waals surface area contributed by atoms with E-state index in [-0.39, 0.29) is 25.1 Å². The maximum atomic E-state index is 9.05. The Morgan fingerprint density at radius 3 is 2.47 bits per heavy atom. The summed E-state index contributed by atoms with van der Waals surface area (Å²) >= 11 is 0. The third kappa shape index (κ3) is 3.35. The van der Waals surface area contributed by atoms with Crippen LogP contribution in [-0.2, 0) is 6.42 Å². The third-order valence-electron chi connectivity index (χ3n) is 3.14. The minimum Gasteiger partial charge on any atom is -0.395 e. The number of aliphatic hydroxyl groups is 1. The number of para-hydroxylation sites is 1. The van der Waals surface area contributed by atoms with Gasteiger partial charge in [-0.1, -0.05) is 18.2 Å². The molecule has 1 aromatic heterocycles. The lowest BCUT2D eigenvalue weighted by Crippen LogP contribution is -2.27. The van der Waals surface area contributed by atoms with E-state index in [2.05, 4.69) is 5.10 Å². The summed E-state index contributed by atoms with van der Waals surface area (Å²) in [6, 6.07) is 9.79. The lowest BCUT2D eigenvalue weighted by atomic mass is 10.1. The minimum absolute atomic E-state index is 0. The first-order chi connectivity index (χ1) is 8.63. The van der Waals surface area contributed by atoms with E-state index in [0.717, 1.165) is 22.6 Å². The van der Waals surface area contributed by atoms with Gasteiger partial charge in [-0.15, -0.1) is 12.4 Å². The molecule has 0 fully saturated rings. The molecule has 0 aliphatic carbocycles. The Morgan fingerprint density at radius 2 is 1.89 bits per heavy atom. The summed E-state index contributed by atoms with van der Waals surface area (Å²) in [5, 5.41) is 13.6. The van der Waals surface area contributed by atoms with E-state index < -0.39 is 0 Å². The molecular formula is C14H20ClN3O. The summed E-state index contributed by atoms with van der Waals surface area (Å²) in [5.41, 5.74) is 10.0. The Kier molecular flexibility index (Phi) is 5.54. The van der Waals surface area contributed by atoms with Crippen molar-refractivity contribution in [3.8, 4) is 5.69 Å². The molecule has 0 spiro atoms. The van der Waals surface area contributed by atoms with Gasteiger partial charge < -0.3 is 10.8 Å². The molecule has 104 valence electrons. The summed E-state index contributed by atoms with van der Waals surface area (Å²) in [7, 11) is 0. The summed E-state index contributed by atoms with van der Waals surface area (Å²) in [4.78, 5) is 0. The molecule has 2 aromatic rings. The van der Waals surface area contributed by atoms with Crippen LogP contribution in [0.5, 0.6) is 0 Å². The highest BCUT2D eigenvalue weighted by molar-refractivity contribution is 5.85. The van der Waals surface area contributed by atoms with Gasteiger partial charge in [0.15, 0.2) is 0 Å². The molecule has 3 N–H and O–H groups in total. The van der Waals surface area contributed by atoms with Gasteiger partial charge in [-0.25, -0.2) is 4.68 Å². The number of halogens is 1. The number of rotatable bonds is 4. The Balaban J connectivity index is 0.00000180. The normalized spacial score (nSPS) is 12.0. The number of aromatic nitrogens is 2. The zero-order valence-corrected chi connectivity index (χ0v) is 12.0. The second-order valence-electron chi connectivity index (χ2n) is 4.54. The fourth-order valence-corrected chi connectivity index (χ4v) is 2.12. The zero-order valence-electron chi connectivity index (χ0n) is 11.2. The Morgan fingerprint density at radius 1 is 1.26 bits per heavy atom. The first-order valence-electron chi connectivity index (χ1n) is 6.10. The van der Waals surface area contributed by atoms with Crippen LogP contribution in [0.3, 0.4) is 0 Å². The van der Waals surface area contributed by atoms with Crippen LogP contribution in [0.15, 0.2) is 30.3 Å². The number of nitrogens with two attached hydrogens (primary N) is 1. The van der Waals surface area contributed by atoms with E-state index >= 15 is 0 Å². The van der Waals surface area contributed by atoms with Crippen molar-refractivity contribution in [1.29, 1.82) is 0 Å². The van der Waals surface area contributed by atoms with E-state index in [4.69, 9.17) is 10.8 Å². The highest BCUT2D eigenvalue weighted by Crippen LogP contribution is 2.18. The quantitative estimate of drug-likeness (QED) is 0.898. The van der Waals surface area contributed by atoms with Crippen LogP contribution in [0.2, 0.25) is 0 Å². The minimum atomic E-state index is -0.226. The van der Waals surface area contributed by atoms with Crippen molar-refractivity contribution in [3.63, 3.8) is 0 Å². The highest BCUT2D eigenvalue weighted by atomic mass is 35.5. The molecule has 0 aliphatic heterocycles. The third-order valence-corrected chi connectivity index (χ3v) is 3.14. The maximum Gasteiger partial charge on any atom is 0.0648 e. The average molecular weight is 282 g/mol. The standard InChI is InChI=1S/C14H19N3O.ClH/c1-10-14(8-12(15)9-18)11(2)17(16-10)13-6-4-3-5-7-13;/h3-7,12,18H,8-9,15H2,1-2H3;1H. The molecule has 0 saturated heterocycles. The lowest BCUT2D eigenvalue weighted by molar-refractivity contribution is 0.265. The SMILES string of the molecule is Cc1nn(-c2ccccc2)c(C)c1CC(N)CO.Cl. The van der Waals surface area contributed by atoms with Crippen molar-refractivity contribution < 1.29 is 5.11 Å². The van der Waals surface area contributed by atoms with Crippen LogP contribution in [0.1, 0.15) is 17.0 Å². The summed E-state index contributed by atoms with van der Waals surface area (Å²) in [6.07, 6.45) is 0.654. The molecule has 0 aliphatic rings. The predicted molar refractivity (Wildman–Crippen MR) is 79.1 cm³/mol. The molecule has 0 saturated carbocycles. The van der Waals surface area contributed by atoms with Crippen LogP contribution in [0, 0.1) is 13.8 Å². The number of hydrogen-bond acceptors (Lipinski definition) is 3. The van der Waals surface area contributed by atoms with Crippen LogP contribution >= 0.6 is 12.4 Å². The molecule has 0 radical (unpaired) electrons. The van der Waals surface area contributed by atoms with Gasteiger partial charge in [0.25, 0.3) is 0 Å². The summed E-state index contributed by atoms with van der Waals surface area (Å²) in [6.45, 7) is 4.01. The molecule has 1 unspecified atom stereocenters. The molecule has 4 nitrogen and oxygen atoms in total. The van der Waals surface area contributed by atoms with Crippen molar-refractivity contribution in [2.75, 3.05) is 6.61 Å². The largest absolute Gasteiger partial charge is 0.395 e. The fraction of sp³-hybridized carbons (Fsp3) is 0.357. The van der Waals surface area contributed by atoms with Crippen LogP contribution < -0.4 is 5.73 Å². The first-order valence-corrected chi connectivity index (χ1v) is 6.10. The molecule has 1 aromatic carbocycles. The molecule has 2 rings (SSSR count). The average Bonchev–Trinajstić information content (AvgIpc) is 2.67. The summed E-state index contributed by atoms with van der Waals surface area (Å²) < 4.78 is 1.93. The van der Waals surface area contributed by atoms with Gasteiger partial charge in [-0.3, -0.25) is 0 Å². The monoisotopic (exact) mass is 281 g/mol. The zero-order chi connectivity index (χ0) is 13.1. The topological polar surface area (TPSA) is 64.1 Å². The molecule has 0 bridgehead atoms. The second-order valence-corrected chi connectivity index (χ2v) is 4.54. The van der Waals surface area contributed by atoms with Gasteiger partial charge in [-0.05, 0) is 38.0 Å². The fourth-order valence-electron chi connectivity index (χ4n) is 2.12. The summed E-state index contributed by atoms with van der Waals surface area (Å²) in [5.74, 6) is 0. The van der Waals surface area contributed by atoms with Crippen molar-refractivity contribution in [1.82, 2.24) is 9.78 Å². The number of benzene rings is 1. The molecule has 5 heteroatoms. The lowest BCUT2D eigenvalue weighted by Gasteiger charge is -2.09. The van der Waals surface area contributed by atoms with Gasteiger partial charge in [0, 0.05) is 11.7 Å².